The summed E-state index contributed by atoms with van der Waals surface area (Å²) < 4.78 is 3.12. The molecule has 0 fully saturated rings. The largest absolute Gasteiger partial charge is 0.305 e. The van der Waals surface area contributed by atoms with Crippen LogP contribution >= 0.6 is 15.9 Å². The molecule has 2 aromatic rings. The number of aromatic nitrogens is 2. The van der Waals surface area contributed by atoms with E-state index in [-0.39, 0.29) is 6.04 Å². The van der Waals surface area contributed by atoms with Crippen molar-refractivity contribution in [3.05, 3.63) is 51.3 Å². The molecule has 3 nitrogen and oxygen atoms in total. The summed E-state index contributed by atoms with van der Waals surface area (Å²) in [7, 11) is 0. The second kappa shape index (κ2) is 6.55. The van der Waals surface area contributed by atoms with Crippen LogP contribution < -0.4 is 5.32 Å². The minimum absolute atomic E-state index is 0.164. The molecule has 2 rings (SSSR count). The third-order valence-corrected chi connectivity index (χ3v) is 4.38. The number of nitrogens with one attached hydrogen (secondary N) is 1. The van der Waals surface area contributed by atoms with Crippen LogP contribution in [0.5, 0.6) is 0 Å². The van der Waals surface area contributed by atoms with Gasteiger partial charge in [0.25, 0.3) is 0 Å². The number of rotatable bonds is 5. The fourth-order valence-corrected chi connectivity index (χ4v) is 3.08. The zero-order valence-electron chi connectivity index (χ0n) is 12.6. The van der Waals surface area contributed by atoms with E-state index in [1.54, 1.807) is 0 Å². The Morgan fingerprint density at radius 3 is 2.70 bits per heavy atom. The third-order valence-electron chi connectivity index (χ3n) is 3.77. The van der Waals surface area contributed by atoms with Crippen molar-refractivity contribution in [2.24, 2.45) is 0 Å². The average molecular weight is 336 g/mol. The predicted octanol–water partition coefficient (Wildman–Crippen LogP) is 3.98. The summed E-state index contributed by atoms with van der Waals surface area (Å²) in [6.07, 6.45) is 1.88. The highest BCUT2D eigenvalue weighted by Gasteiger charge is 2.22. The average Bonchev–Trinajstić information content (AvgIpc) is 2.81. The van der Waals surface area contributed by atoms with Crippen molar-refractivity contribution in [3.63, 3.8) is 0 Å². The summed E-state index contributed by atoms with van der Waals surface area (Å²) in [5.74, 6) is 0. The number of benzene rings is 1. The number of nitrogens with zero attached hydrogens (tertiary/aromatic N) is 2. The first kappa shape index (κ1) is 15.3. The molecule has 0 saturated heterocycles. The van der Waals surface area contributed by atoms with Gasteiger partial charge in [-0.2, -0.15) is 5.10 Å². The van der Waals surface area contributed by atoms with Crippen LogP contribution in [0.1, 0.15) is 42.3 Å². The monoisotopic (exact) mass is 335 g/mol. The predicted molar refractivity (Wildman–Crippen MR) is 87.0 cm³/mol. The van der Waals surface area contributed by atoms with Crippen molar-refractivity contribution in [2.75, 3.05) is 6.54 Å². The molecular formula is C16H22BrN3. The zero-order chi connectivity index (χ0) is 14.7. The highest BCUT2D eigenvalue weighted by atomic mass is 79.9. The Hall–Kier alpha value is -1.13. The molecule has 20 heavy (non-hydrogen) atoms. The molecule has 0 spiro atoms. The van der Waals surface area contributed by atoms with Crippen LogP contribution in [-0.2, 0) is 6.54 Å². The second-order valence-electron chi connectivity index (χ2n) is 4.97. The zero-order valence-corrected chi connectivity index (χ0v) is 14.2. The molecule has 108 valence electrons. The second-order valence-corrected chi connectivity index (χ2v) is 5.83. The van der Waals surface area contributed by atoms with Gasteiger partial charge >= 0.3 is 0 Å². The maximum Gasteiger partial charge on any atom is 0.0762 e. The first-order valence-electron chi connectivity index (χ1n) is 7.10. The van der Waals surface area contributed by atoms with E-state index in [0.29, 0.717) is 0 Å². The summed E-state index contributed by atoms with van der Waals surface area (Å²) >= 11 is 3.65. The van der Waals surface area contributed by atoms with Crippen molar-refractivity contribution in [3.8, 4) is 0 Å². The van der Waals surface area contributed by atoms with Crippen LogP contribution in [-0.4, -0.2) is 16.3 Å². The molecule has 1 N–H and O–H groups in total. The molecule has 0 radical (unpaired) electrons. The van der Waals surface area contributed by atoms with Crippen molar-refractivity contribution in [1.29, 1.82) is 0 Å². The lowest BCUT2D eigenvalue weighted by Crippen LogP contribution is -2.26. The summed E-state index contributed by atoms with van der Waals surface area (Å²) in [6.45, 7) is 10.4. The van der Waals surface area contributed by atoms with Crippen LogP contribution in [0, 0.1) is 13.8 Å². The smallest absolute Gasteiger partial charge is 0.0762 e. The van der Waals surface area contributed by atoms with Gasteiger partial charge in [-0.1, -0.05) is 25.1 Å². The lowest BCUT2D eigenvalue weighted by molar-refractivity contribution is 0.539. The Kier molecular flexibility index (Phi) is 5.00. The maximum atomic E-state index is 4.44. The molecule has 0 aliphatic carbocycles. The molecule has 0 bridgehead atoms. The lowest BCUT2D eigenvalue weighted by Gasteiger charge is -2.23. The van der Waals surface area contributed by atoms with Crippen molar-refractivity contribution in [1.82, 2.24) is 15.1 Å². The standard InChI is InChI=1S/C16H22BrN3/c1-5-18-15(13-9-7-8-11(3)12(13)4)16-14(17)10-19-20(16)6-2/h7-10,15,18H,5-6H2,1-4H3. The van der Waals surface area contributed by atoms with Crippen LogP contribution in [0.15, 0.2) is 28.9 Å². The number of halogens is 1. The summed E-state index contributed by atoms with van der Waals surface area (Å²) in [6, 6.07) is 6.66. The fraction of sp³-hybridized carbons (Fsp3) is 0.438. The molecule has 0 amide bonds. The molecule has 1 aromatic carbocycles. The molecule has 0 saturated carbocycles. The molecule has 4 heteroatoms. The Labute approximate surface area is 129 Å². The van der Waals surface area contributed by atoms with Gasteiger partial charge in [0.05, 0.1) is 22.4 Å². The molecule has 1 heterocycles. The van der Waals surface area contributed by atoms with Crippen LogP contribution in [0.2, 0.25) is 0 Å². The van der Waals surface area contributed by atoms with E-state index in [1.165, 1.54) is 22.4 Å². The topological polar surface area (TPSA) is 29.9 Å². The summed E-state index contributed by atoms with van der Waals surface area (Å²) in [4.78, 5) is 0. The van der Waals surface area contributed by atoms with Crippen LogP contribution in [0.25, 0.3) is 0 Å². The third kappa shape index (κ3) is 2.81. The number of hydrogen-bond donors (Lipinski definition) is 1. The van der Waals surface area contributed by atoms with Crippen molar-refractivity contribution < 1.29 is 0 Å². The van der Waals surface area contributed by atoms with E-state index in [0.717, 1.165) is 17.6 Å². The van der Waals surface area contributed by atoms with E-state index in [4.69, 9.17) is 0 Å². The number of aryl methyl sites for hydroxylation is 2. The van der Waals surface area contributed by atoms with Gasteiger partial charge < -0.3 is 5.32 Å². The van der Waals surface area contributed by atoms with Gasteiger partial charge in [0, 0.05) is 6.54 Å². The van der Waals surface area contributed by atoms with E-state index >= 15 is 0 Å². The molecular weight excluding hydrogens is 314 g/mol. The van der Waals surface area contributed by atoms with Crippen LogP contribution in [0.3, 0.4) is 0 Å². The summed E-state index contributed by atoms with van der Waals surface area (Å²) in [5, 5.41) is 8.04. The SMILES string of the molecule is CCNC(c1cccc(C)c1C)c1c(Br)cnn1CC. The highest BCUT2D eigenvalue weighted by molar-refractivity contribution is 9.10. The highest BCUT2D eigenvalue weighted by Crippen LogP contribution is 2.31. The first-order valence-corrected chi connectivity index (χ1v) is 7.90. The Morgan fingerprint density at radius 2 is 2.05 bits per heavy atom. The van der Waals surface area contributed by atoms with Crippen LogP contribution in [0.4, 0.5) is 0 Å². The van der Waals surface area contributed by atoms with Gasteiger partial charge in [-0.25, -0.2) is 0 Å². The number of hydrogen-bond acceptors (Lipinski definition) is 2. The van der Waals surface area contributed by atoms with Gasteiger partial charge in [-0.05, 0) is 59.9 Å². The Bertz CT molecular complexity index is 589. The van der Waals surface area contributed by atoms with Gasteiger partial charge in [-0.3, -0.25) is 4.68 Å². The lowest BCUT2D eigenvalue weighted by atomic mass is 9.95. The molecule has 1 aromatic heterocycles. The molecule has 0 aliphatic heterocycles. The van der Waals surface area contributed by atoms with Gasteiger partial charge in [-0.15, -0.1) is 0 Å². The summed E-state index contributed by atoms with van der Waals surface area (Å²) in [5.41, 5.74) is 5.18. The minimum Gasteiger partial charge on any atom is -0.305 e. The van der Waals surface area contributed by atoms with Crippen molar-refractivity contribution >= 4 is 15.9 Å². The molecule has 0 aliphatic rings. The minimum atomic E-state index is 0.164. The van der Waals surface area contributed by atoms with E-state index in [9.17, 15) is 0 Å². The van der Waals surface area contributed by atoms with Crippen molar-refractivity contribution in [2.45, 2.75) is 40.3 Å². The maximum absolute atomic E-state index is 4.44. The Balaban J connectivity index is 2.56. The van der Waals surface area contributed by atoms with Gasteiger partial charge in [0.1, 0.15) is 0 Å². The van der Waals surface area contributed by atoms with E-state index < -0.39 is 0 Å². The Morgan fingerprint density at radius 1 is 1.30 bits per heavy atom. The first-order chi connectivity index (χ1) is 9.60. The fourth-order valence-electron chi connectivity index (χ4n) is 2.56. The quantitative estimate of drug-likeness (QED) is 0.895. The molecule has 1 atom stereocenters. The van der Waals surface area contributed by atoms with E-state index in [2.05, 4.69) is 76.9 Å². The molecule has 1 unspecified atom stereocenters. The van der Waals surface area contributed by atoms with Gasteiger partial charge in [0.15, 0.2) is 0 Å². The van der Waals surface area contributed by atoms with E-state index in [1.807, 2.05) is 6.20 Å². The van der Waals surface area contributed by atoms with Gasteiger partial charge in [0.2, 0.25) is 0 Å². The normalized spacial score (nSPS) is 12.7.